The molecule has 2 aromatic heterocycles. The number of anilines is 1. The molecule has 0 atom stereocenters. The minimum atomic E-state index is -0.467. The summed E-state index contributed by atoms with van der Waals surface area (Å²) in [5.74, 6) is 0.803. The maximum absolute atomic E-state index is 12.0. The van der Waals surface area contributed by atoms with E-state index in [4.69, 9.17) is 33.7 Å². The molecule has 1 aromatic carbocycles. The molecule has 0 aliphatic heterocycles. The highest BCUT2D eigenvalue weighted by molar-refractivity contribution is 6.31. The second kappa shape index (κ2) is 10.6. The van der Waals surface area contributed by atoms with Crippen LogP contribution in [0.15, 0.2) is 24.5 Å². The highest BCUT2D eigenvalue weighted by atomic mass is 35.5. The van der Waals surface area contributed by atoms with Gasteiger partial charge >= 0.3 is 6.09 Å². The third-order valence-corrected chi connectivity index (χ3v) is 5.21. The lowest BCUT2D eigenvalue weighted by molar-refractivity contribution is 0.143. The number of fused-ring (bicyclic) bond motifs is 1. The van der Waals surface area contributed by atoms with Gasteiger partial charge in [0.05, 0.1) is 12.9 Å². The maximum atomic E-state index is 12.0. The molecule has 10 heteroatoms. The lowest BCUT2D eigenvalue weighted by atomic mass is 10.0. The van der Waals surface area contributed by atoms with Crippen molar-refractivity contribution in [1.82, 2.24) is 24.8 Å². The standard InChI is InChI=1S/C21H26Cl2N6O2/c1-13(2)9-14-5-6-16(22)15(10-14)11-25-21(30)31-8-4-3-7-29-12-26-17-18(24)27-20(23)28-19(17)29/h5-6,10,12-13H,3-4,7-9,11H2,1-2H3,(H,25,30)(H2,24,27,28). The van der Waals surface area contributed by atoms with Crippen LogP contribution >= 0.6 is 23.2 Å². The van der Waals surface area contributed by atoms with Crippen molar-refractivity contribution in [3.05, 3.63) is 46.0 Å². The Labute approximate surface area is 191 Å². The predicted molar refractivity (Wildman–Crippen MR) is 122 cm³/mol. The van der Waals surface area contributed by atoms with E-state index < -0.39 is 6.09 Å². The van der Waals surface area contributed by atoms with E-state index in [0.29, 0.717) is 48.2 Å². The molecule has 3 N–H and O–H groups in total. The van der Waals surface area contributed by atoms with Crippen molar-refractivity contribution >= 4 is 46.3 Å². The van der Waals surface area contributed by atoms with Crippen LogP contribution in [-0.4, -0.2) is 32.2 Å². The topological polar surface area (TPSA) is 108 Å². The number of benzene rings is 1. The Morgan fingerprint density at radius 2 is 2.06 bits per heavy atom. The molecule has 0 radical (unpaired) electrons. The van der Waals surface area contributed by atoms with E-state index in [2.05, 4.69) is 34.1 Å². The Kier molecular flexibility index (Phi) is 7.92. The van der Waals surface area contributed by atoms with Gasteiger partial charge < -0.3 is 20.4 Å². The van der Waals surface area contributed by atoms with E-state index in [9.17, 15) is 4.79 Å². The zero-order valence-electron chi connectivity index (χ0n) is 17.6. The van der Waals surface area contributed by atoms with Gasteiger partial charge in [-0.05, 0) is 54.0 Å². The molecule has 3 rings (SSSR count). The fourth-order valence-electron chi connectivity index (χ4n) is 3.23. The largest absolute Gasteiger partial charge is 0.450 e. The molecular weight excluding hydrogens is 439 g/mol. The fourth-order valence-corrected chi connectivity index (χ4v) is 3.59. The zero-order chi connectivity index (χ0) is 22.4. The van der Waals surface area contributed by atoms with Gasteiger partial charge in [0.25, 0.3) is 0 Å². The van der Waals surface area contributed by atoms with Gasteiger partial charge in [-0.15, -0.1) is 0 Å². The summed E-state index contributed by atoms with van der Waals surface area (Å²) in [4.78, 5) is 24.3. The van der Waals surface area contributed by atoms with Crippen LogP contribution in [0.2, 0.25) is 10.3 Å². The number of nitrogen functional groups attached to an aromatic ring is 1. The minimum Gasteiger partial charge on any atom is -0.450 e. The van der Waals surface area contributed by atoms with E-state index >= 15 is 0 Å². The van der Waals surface area contributed by atoms with Gasteiger partial charge in [0, 0.05) is 18.1 Å². The Balaban J connectivity index is 1.40. The molecule has 0 aliphatic rings. The average Bonchev–Trinajstić information content (AvgIpc) is 3.11. The Morgan fingerprint density at radius 1 is 1.26 bits per heavy atom. The first-order valence-corrected chi connectivity index (χ1v) is 10.9. The average molecular weight is 465 g/mol. The van der Waals surface area contributed by atoms with Crippen LogP contribution in [0.3, 0.4) is 0 Å². The van der Waals surface area contributed by atoms with Crippen LogP contribution in [0.25, 0.3) is 11.2 Å². The monoisotopic (exact) mass is 464 g/mol. The van der Waals surface area contributed by atoms with Crippen molar-refractivity contribution in [3.8, 4) is 0 Å². The van der Waals surface area contributed by atoms with Crippen LogP contribution in [0.1, 0.15) is 37.8 Å². The SMILES string of the molecule is CC(C)Cc1ccc(Cl)c(CNC(=O)OCCCCn2cnc3c(N)nc(Cl)nc32)c1. The summed E-state index contributed by atoms with van der Waals surface area (Å²) in [7, 11) is 0. The molecule has 0 bridgehead atoms. The Bertz CT molecular complexity index is 1050. The van der Waals surface area contributed by atoms with Crippen LogP contribution in [-0.2, 0) is 24.2 Å². The number of unbranched alkanes of at least 4 members (excludes halogenated alkanes) is 1. The molecule has 2 heterocycles. The van der Waals surface area contributed by atoms with E-state index in [0.717, 1.165) is 18.4 Å². The van der Waals surface area contributed by atoms with Gasteiger partial charge in [-0.2, -0.15) is 9.97 Å². The van der Waals surface area contributed by atoms with Crippen molar-refractivity contribution in [2.45, 2.75) is 46.2 Å². The molecule has 0 unspecified atom stereocenters. The fraction of sp³-hybridized carbons (Fsp3) is 0.429. The summed E-state index contributed by atoms with van der Waals surface area (Å²) in [5.41, 5.74) is 9.00. The number of hydrogen-bond donors (Lipinski definition) is 2. The van der Waals surface area contributed by atoms with Crippen LogP contribution in [0, 0.1) is 5.92 Å². The number of rotatable bonds is 9. The number of hydrogen-bond acceptors (Lipinski definition) is 6. The molecule has 31 heavy (non-hydrogen) atoms. The molecule has 0 fully saturated rings. The summed E-state index contributed by atoms with van der Waals surface area (Å²) >= 11 is 12.1. The molecule has 3 aromatic rings. The van der Waals surface area contributed by atoms with Crippen molar-refractivity contribution < 1.29 is 9.53 Å². The van der Waals surface area contributed by atoms with Crippen molar-refractivity contribution in [2.24, 2.45) is 5.92 Å². The van der Waals surface area contributed by atoms with Crippen molar-refractivity contribution in [2.75, 3.05) is 12.3 Å². The number of ether oxygens (including phenoxy) is 1. The first kappa shape index (κ1) is 23.1. The molecule has 166 valence electrons. The normalized spacial score (nSPS) is 11.3. The third kappa shape index (κ3) is 6.45. The van der Waals surface area contributed by atoms with Gasteiger partial charge in [-0.1, -0.05) is 37.6 Å². The van der Waals surface area contributed by atoms with Gasteiger partial charge in [0.1, 0.15) is 5.52 Å². The van der Waals surface area contributed by atoms with Crippen molar-refractivity contribution in [3.63, 3.8) is 0 Å². The molecule has 0 aliphatic carbocycles. The highest BCUT2D eigenvalue weighted by Crippen LogP contribution is 2.20. The molecule has 0 saturated heterocycles. The summed E-state index contributed by atoms with van der Waals surface area (Å²) in [6, 6.07) is 5.91. The minimum absolute atomic E-state index is 0.0848. The van der Waals surface area contributed by atoms with Gasteiger partial charge in [0.2, 0.25) is 5.28 Å². The number of alkyl carbamates (subject to hydrolysis) is 1. The zero-order valence-corrected chi connectivity index (χ0v) is 19.1. The van der Waals surface area contributed by atoms with E-state index in [-0.39, 0.29) is 11.1 Å². The number of halogens is 2. The Morgan fingerprint density at radius 3 is 2.84 bits per heavy atom. The van der Waals surface area contributed by atoms with E-state index in [1.807, 2.05) is 22.8 Å². The van der Waals surface area contributed by atoms with Crippen LogP contribution in [0.4, 0.5) is 10.6 Å². The number of aryl methyl sites for hydroxylation is 1. The van der Waals surface area contributed by atoms with Crippen LogP contribution in [0.5, 0.6) is 0 Å². The molecule has 0 spiro atoms. The maximum Gasteiger partial charge on any atom is 0.407 e. The molecule has 0 saturated carbocycles. The number of aromatic nitrogens is 4. The molecule has 8 nitrogen and oxygen atoms in total. The first-order chi connectivity index (χ1) is 14.8. The highest BCUT2D eigenvalue weighted by Gasteiger charge is 2.11. The number of carbonyl (C=O) groups excluding carboxylic acids is 1. The van der Waals surface area contributed by atoms with Crippen LogP contribution < -0.4 is 11.1 Å². The lowest BCUT2D eigenvalue weighted by Crippen LogP contribution is -2.24. The number of nitrogens with zero attached hydrogens (tertiary/aromatic N) is 4. The van der Waals surface area contributed by atoms with Gasteiger partial charge in [0.15, 0.2) is 11.5 Å². The second-order valence-corrected chi connectivity index (χ2v) is 8.45. The second-order valence-electron chi connectivity index (χ2n) is 7.71. The summed E-state index contributed by atoms with van der Waals surface area (Å²) in [5, 5.41) is 3.47. The first-order valence-electron chi connectivity index (χ1n) is 10.1. The molecule has 1 amide bonds. The number of amides is 1. The van der Waals surface area contributed by atoms with Crippen molar-refractivity contribution in [1.29, 1.82) is 0 Å². The quantitative estimate of drug-likeness (QED) is 0.353. The van der Waals surface area contributed by atoms with E-state index in [1.54, 1.807) is 6.33 Å². The summed E-state index contributed by atoms with van der Waals surface area (Å²) < 4.78 is 7.11. The Hall–Kier alpha value is -2.58. The van der Waals surface area contributed by atoms with Gasteiger partial charge in [-0.3, -0.25) is 0 Å². The van der Waals surface area contributed by atoms with Gasteiger partial charge in [-0.25, -0.2) is 9.78 Å². The smallest absolute Gasteiger partial charge is 0.407 e. The lowest BCUT2D eigenvalue weighted by Gasteiger charge is -2.11. The number of nitrogens with two attached hydrogens (primary N) is 1. The number of carbonyl (C=O) groups is 1. The number of imidazole rings is 1. The van der Waals surface area contributed by atoms with E-state index in [1.165, 1.54) is 5.56 Å². The number of nitrogens with one attached hydrogen (secondary N) is 1. The predicted octanol–water partition coefficient (Wildman–Crippen LogP) is 4.62. The summed E-state index contributed by atoms with van der Waals surface area (Å²) in [6.07, 6.45) is 3.60. The molecular formula is C21H26Cl2N6O2. The summed E-state index contributed by atoms with van der Waals surface area (Å²) in [6.45, 7) is 5.60. The third-order valence-electron chi connectivity index (χ3n) is 4.67.